The van der Waals surface area contributed by atoms with Gasteiger partial charge in [-0.2, -0.15) is 9.61 Å². The van der Waals surface area contributed by atoms with E-state index in [2.05, 4.69) is 21.9 Å². The molecule has 0 bridgehead atoms. The van der Waals surface area contributed by atoms with Crippen molar-refractivity contribution in [3.05, 3.63) is 53.2 Å². The van der Waals surface area contributed by atoms with E-state index in [1.807, 2.05) is 19.1 Å². The van der Waals surface area contributed by atoms with E-state index in [0.29, 0.717) is 22.9 Å². The van der Waals surface area contributed by atoms with Gasteiger partial charge in [-0.1, -0.05) is 31.2 Å². The molecule has 5 rings (SSSR count). The monoisotopic (exact) mass is 423 g/mol. The van der Waals surface area contributed by atoms with Crippen LogP contribution in [0.1, 0.15) is 47.7 Å². The van der Waals surface area contributed by atoms with Gasteiger partial charge in [-0.05, 0) is 24.0 Å². The number of amides is 1. The van der Waals surface area contributed by atoms with Crippen LogP contribution in [0.4, 0.5) is 10.2 Å². The van der Waals surface area contributed by atoms with Gasteiger partial charge in [-0.25, -0.2) is 9.37 Å². The first-order valence-electron chi connectivity index (χ1n) is 10.4. The highest BCUT2D eigenvalue weighted by molar-refractivity contribution is 6.57. The number of halogens is 1. The third-order valence-corrected chi connectivity index (χ3v) is 6.17. The molecule has 2 aliphatic rings. The third-order valence-electron chi connectivity index (χ3n) is 6.17. The molecule has 3 aromatic rings. The molecule has 0 spiro atoms. The lowest BCUT2D eigenvalue weighted by Crippen LogP contribution is -2.46. The summed E-state index contributed by atoms with van der Waals surface area (Å²) in [6.07, 6.45) is -1.26. The second-order valence-electron chi connectivity index (χ2n) is 8.45. The van der Waals surface area contributed by atoms with Crippen molar-refractivity contribution in [3.63, 3.8) is 0 Å². The average molecular weight is 423 g/mol. The summed E-state index contributed by atoms with van der Waals surface area (Å²) in [5.74, 6) is 0.793. The minimum absolute atomic E-state index is 0.0418. The zero-order valence-electron chi connectivity index (χ0n) is 17.3. The summed E-state index contributed by atoms with van der Waals surface area (Å²) in [4.78, 5) is 21.4. The normalized spacial score (nSPS) is 21.2. The molecule has 160 valence electrons. The largest absolute Gasteiger partial charge is 0.510 e. The Morgan fingerprint density at radius 2 is 1.84 bits per heavy atom. The molecule has 0 saturated carbocycles. The smallest absolute Gasteiger partial charge is 0.422 e. The number of hydrogen-bond acceptors (Lipinski definition) is 6. The maximum absolute atomic E-state index is 14.8. The zero-order chi connectivity index (χ0) is 21.9. The van der Waals surface area contributed by atoms with Gasteiger partial charge in [0.15, 0.2) is 5.65 Å². The first-order valence-corrected chi connectivity index (χ1v) is 10.4. The molecule has 2 atom stereocenters. The van der Waals surface area contributed by atoms with E-state index in [1.54, 1.807) is 18.2 Å². The minimum atomic E-state index is -1.74. The van der Waals surface area contributed by atoms with Crippen molar-refractivity contribution in [3.8, 4) is 0 Å². The van der Waals surface area contributed by atoms with Crippen molar-refractivity contribution < 1.29 is 19.2 Å². The summed E-state index contributed by atoms with van der Waals surface area (Å²) >= 11 is 0. The Kier molecular flexibility index (Phi) is 4.71. The van der Waals surface area contributed by atoms with Gasteiger partial charge in [0.1, 0.15) is 17.7 Å². The fraction of sp³-hybridized carbons (Fsp3) is 0.381. The summed E-state index contributed by atoms with van der Waals surface area (Å²) in [7, 11) is -1.74. The van der Waals surface area contributed by atoms with Gasteiger partial charge >= 0.3 is 7.12 Å². The second-order valence-corrected chi connectivity index (χ2v) is 8.45. The molecular weight excluding hydrogens is 400 g/mol. The van der Waals surface area contributed by atoms with E-state index in [9.17, 15) is 19.2 Å². The maximum Gasteiger partial charge on any atom is 0.510 e. The van der Waals surface area contributed by atoms with Crippen LogP contribution >= 0.6 is 0 Å². The molecule has 1 saturated heterocycles. The molecule has 8 nitrogen and oxygen atoms in total. The highest BCUT2D eigenvalue weighted by Gasteiger charge is 2.35. The van der Waals surface area contributed by atoms with Crippen molar-refractivity contribution in [2.75, 3.05) is 24.5 Å². The van der Waals surface area contributed by atoms with Gasteiger partial charge in [0.25, 0.3) is 5.91 Å². The van der Waals surface area contributed by atoms with E-state index in [-0.39, 0.29) is 29.8 Å². The topological polar surface area (TPSA) is 94.2 Å². The summed E-state index contributed by atoms with van der Waals surface area (Å²) < 4.78 is 16.4. The number of fused-ring (bicyclic) bond motifs is 2. The van der Waals surface area contributed by atoms with Crippen molar-refractivity contribution in [1.29, 1.82) is 0 Å². The number of benzene rings is 1. The van der Waals surface area contributed by atoms with Gasteiger partial charge in [0.2, 0.25) is 0 Å². The van der Waals surface area contributed by atoms with Gasteiger partial charge in [0.05, 0.1) is 18.2 Å². The number of anilines is 1. The fourth-order valence-corrected chi connectivity index (χ4v) is 4.50. The summed E-state index contributed by atoms with van der Waals surface area (Å²) in [5, 5.41) is 23.3. The Hall–Kier alpha value is -2.98. The maximum atomic E-state index is 14.8. The molecule has 1 fully saturated rings. The van der Waals surface area contributed by atoms with Gasteiger partial charge in [-0.3, -0.25) is 4.79 Å². The van der Waals surface area contributed by atoms with Gasteiger partial charge < -0.3 is 19.8 Å². The SMILES string of the molecule is CC1CN(c2cc(C(=O)N3CC(F)c4ccccc4[C@H]3C)nc3cc(B(O)O)nn23)C1. The van der Waals surface area contributed by atoms with Gasteiger partial charge in [-0.15, -0.1) is 0 Å². The molecule has 10 heteroatoms. The molecule has 1 unspecified atom stereocenters. The lowest BCUT2D eigenvalue weighted by molar-refractivity contribution is 0.0585. The molecule has 1 aromatic carbocycles. The highest BCUT2D eigenvalue weighted by Crippen LogP contribution is 2.37. The van der Waals surface area contributed by atoms with Crippen LogP contribution in [-0.4, -0.2) is 62.2 Å². The molecule has 0 aliphatic carbocycles. The summed E-state index contributed by atoms with van der Waals surface area (Å²) in [6, 6.07) is 10.1. The second kappa shape index (κ2) is 7.31. The van der Waals surface area contributed by atoms with Crippen LogP contribution < -0.4 is 10.5 Å². The van der Waals surface area contributed by atoms with E-state index in [4.69, 9.17) is 0 Å². The highest BCUT2D eigenvalue weighted by atomic mass is 19.1. The van der Waals surface area contributed by atoms with Crippen LogP contribution in [0.5, 0.6) is 0 Å². The number of carbonyl (C=O) groups is 1. The number of rotatable bonds is 3. The number of aromatic nitrogens is 3. The van der Waals surface area contributed by atoms with Crippen LogP contribution in [0.3, 0.4) is 0 Å². The standard InChI is InChI=1S/C21H23BFN5O3/c1-12-9-26(10-12)20-7-17(24-19-8-18(22(30)31)25-28(19)20)21(29)27-11-16(23)15-6-4-3-5-14(15)13(27)2/h3-8,12-13,16,30-31H,9-11H2,1-2H3/t13-,16?/m1/s1. The molecular formula is C21H23BFN5O3. The lowest BCUT2D eigenvalue weighted by Gasteiger charge is -2.39. The molecule has 0 radical (unpaired) electrons. The Balaban J connectivity index is 1.56. The Bertz CT molecular complexity index is 1160. The van der Waals surface area contributed by atoms with E-state index >= 15 is 0 Å². The molecule has 31 heavy (non-hydrogen) atoms. The third kappa shape index (κ3) is 3.26. The van der Waals surface area contributed by atoms with E-state index in [1.165, 1.54) is 15.5 Å². The quantitative estimate of drug-likeness (QED) is 0.613. The molecule has 2 N–H and O–H groups in total. The van der Waals surface area contributed by atoms with Crippen molar-refractivity contribution in [1.82, 2.24) is 19.5 Å². The van der Waals surface area contributed by atoms with Crippen LogP contribution in [-0.2, 0) is 0 Å². The van der Waals surface area contributed by atoms with Crippen LogP contribution in [0, 0.1) is 5.92 Å². The Morgan fingerprint density at radius 1 is 1.13 bits per heavy atom. The number of alkyl halides is 1. The molecule has 2 aliphatic heterocycles. The number of hydrogen-bond donors (Lipinski definition) is 2. The fourth-order valence-electron chi connectivity index (χ4n) is 4.50. The molecule has 1 amide bonds. The molecule has 2 aromatic heterocycles. The van der Waals surface area contributed by atoms with E-state index in [0.717, 1.165) is 18.7 Å². The zero-order valence-corrected chi connectivity index (χ0v) is 17.3. The first kappa shape index (κ1) is 20.0. The van der Waals surface area contributed by atoms with Crippen LogP contribution in [0.15, 0.2) is 36.4 Å². The van der Waals surface area contributed by atoms with Crippen LogP contribution in [0.25, 0.3) is 5.65 Å². The first-order chi connectivity index (χ1) is 14.8. The average Bonchev–Trinajstić information content (AvgIpc) is 3.18. The van der Waals surface area contributed by atoms with Crippen LogP contribution in [0.2, 0.25) is 0 Å². The Labute approximate surface area is 179 Å². The Morgan fingerprint density at radius 3 is 2.52 bits per heavy atom. The van der Waals surface area contributed by atoms with Crippen molar-refractivity contribution in [2.24, 2.45) is 5.92 Å². The van der Waals surface area contributed by atoms with E-state index < -0.39 is 13.3 Å². The minimum Gasteiger partial charge on any atom is -0.422 e. The predicted octanol–water partition coefficient (Wildman–Crippen LogP) is 1.09. The number of nitrogens with zero attached hydrogens (tertiary/aromatic N) is 5. The van der Waals surface area contributed by atoms with Crippen molar-refractivity contribution in [2.45, 2.75) is 26.1 Å². The number of carbonyl (C=O) groups excluding carboxylic acids is 1. The lowest BCUT2D eigenvalue weighted by atomic mass is 9.87. The summed E-state index contributed by atoms with van der Waals surface area (Å²) in [6.45, 7) is 5.56. The predicted molar refractivity (Wildman–Crippen MR) is 114 cm³/mol. The van der Waals surface area contributed by atoms with Crippen molar-refractivity contribution >= 4 is 30.1 Å². The molecule has 4 heterocycles. The van der Waals surface area contributed by atoms with Gasteiger partial charge in [0, 0.05) is 25.2 Å². The summed E-state index contributed by atoms with van der Waals surface area (Å²) in [5.41, 5.74) is 1.98.